The van der Waals surface area contributed by atoms with Crippen molar-refractivity contribution in [1.29, 1.82) is 0 Å². The molecule has 2 heterocycles. The summed E-state index contributed by atoms with van der Waals surface area (Å²) in [6.07, 6.45) is 0.119. The van der Waals surface area contributed by atoms with Gasteiger partial charge in [-0.2, -0.15) is 0 Å². The second kappa shape index (κ2) is 5.83. The Morgan fingerprint density at radius 2 is 2.20 bits per heavy atom. The molecule has 1 amide bonds. The summed E-state index contributed by atoms with van der Waals surface area (Å²) in [5, 5.41) is 15.9. The smallest absolute Gasteiger partial charge is 0.347 e. The minimum atomic E-state index is -1.00. The molecule has 0 aliphatic rings. The van der Waals surface area contributed by atoms with Crippen molar-refractivity contribution in [2.45, 2.75) is 26.8 Å². The number of carboxylic acids is 1. The van der Waals surface area contributed by atoms with Gasteiger partial charge >= 0.3 is 5.97 Å². The van der Waals surface area contributed by atoms with E-state index in [0.717, 1.165) is 11.3 Å². The van der Waals surface area contributed by atoms with Crippen LogP contribution in [0.3, 0.4) is 0 Å². The van der Waals surface area contributed by atoms with Crippen LogP contribution in [0.1, 0.15) is 31.8 Å². The van der Waals surface area contributed by atoms with E-state index < -0.39 is 5.97 Å². The van der Waals surface area contributed by atoms with Crippen molar-refractivity contribution in [2.24, 2.45) is 0 Å². The first-order chi connectivity index (χ1) is 9.45. The molecule has 0 spiro atoms. The minimum Gasteiger partial charge on any atom is -0.477 e. The largest absolute Gasteiger partial charge is 0.477 e. The molecule has 0 radical (unpaired) electrons. The Kier molecular flexibility index (Phi) is 4.14. The third kappa shape index (κ3) is 3.41. The zero-order valence-corrected chi connectivity index (χ0v) is 11.8. The van der Waals surface area contributed by atoms with E-state index in [9.17, 15) is 9.59 Å². The molecule has 0 atom stereocenters. The number of hydrogen-bond acceptors (Lipinski definition) is 6. The maximum atomic E-state index is 11.7. The van der Waals surface area contributed by atoms with Gasteiger partial charge < -0.3 is 14.9 Å². The van der Waals surface area contributed by atoms with Crippen LogP contribution in [-0.2, 0) is 17.8 Å². The lowest BCUT2D eigenvalue weighted by atomic mass is 10.3. The average molecular weight is 295 g/mol. The summed E-state index contributed by atoms with van der Waals surface area (Å²) in [7, 11) is 0. The predicted octanol–water partition coefficient (Wildman–Crippen LogP) is 1.31. The van der Waals surface area contributed by atoms with Crippen LogP contribution in [0.15, 0.2) is 10.6 Å². The van der Waals surface area contributed by atoms with Gasteiger partial charge in [-0.15, -0.1) is 11.3 Å². The van der Waals surface area contributed by atoms with Crippen molar-refractivity contribution in [2.75, 3.05) is 0 Å². The SMILES string of the molecule is Cc1cc(CC(=O)NCc2nc(C)c(C(=O)O)s2)no1. The molecule has 0 bridgehead atoms. The first kappa shape index (κ1) is 14.2. The second-order valence-corrected chi connectivity index (χ2v) is 5.29. The Morgan fingerprint density at radius 1 is 1.45 bits per heavy atom. The molecule has 0 unspecified atom stereocenters. The molecule has 0 saturated heterocycles. The summed E-state index contributed by atoms with van der Waals surface area (Å²) in [6.45, 7) is 3.58. The second-order valence-electron chi connectivity index (χ2n) is 4.21. The van der Waals surface area contributed by atoms with Crippen molar-refractivity contribution in [3.05, 3.63) is 33.1 Å². The third-order valence-electron chi connectivity index (χ3n) is 2.49. The number of amides is 1. The van der Waals surface area contributed by atoms with Crippen LogP contribution >= 0.6 is 11.3 Å². The number of thiazole rings is 1. The summed E-state index contributed by atoms with van der Waals surface area (Å²) in [6, 6.07) is 1.69. The van der Waals surface area contributed by atoms with Gasteiger partial charge in [-0.25, -0.2) is 9.78 Å². The first-order valence-corrected chi connectivity index (χ1v) is 6.66. The lowest BCUT2D eigenvalue weighted by molar-refractivity contribution is -0.120. The Morgan fingerprint density at radius 3 is 2.75 bits per heavy atom. The van der Waals surface area contributed by atoms with E-state index in [0.29, 0.717) is 22.2 Å². The molecule has 2 N–H and O–H groups in total. The monoisotopic (exact) mass is 295 g/mol. The van der Waals surface area contributed by atoms with Gasteiger partial charge in [0.1, 0.15) is 15.6 Å². The van der Waals surface area contributed by atoms with Crippen LogP contribution < -0.4 is 5.32 Å². The van der Waals surface area contributed by atoms with Gasteiger partial charge in [-0.1, -0.05) is 5.16 Å². The van der Waals surface area contributed by atoms with Crippen molar-refractivity contribution in [3.8, 4) is 0 Å². The summed E-state index contributed by atoms with van der Waals surface area (Å²) in [5.74, 6) is -0.576. The number of carboxylic acid groups (broad SMARTS) is 1. The molecule has 0 fully saturated rings. The fraction of sp³-hybridized carbons (Fsp3) is 0.333. The maximum absolute atomic E-state index is 11.7. The maximum Gasteiger partial charge on any atom is 0.347 e. The molecular weight excluding hydrogens is 282 g/mol. The van der Waals surface area contributed by atoms with Gasteiger partial charge in [0.25, 0.3) is 0 Å². The van der Waals surface area contributed by atoms with Gasteiger partial charge in [0.2, 0.25) is 5.91 Å². The summed E-state index contributed by atoms with van der Waals surface area (Å²) in [5.41, 5.74) is 1.01. The van der Waals surface area contributed by atoms with E-state index in [-0.39, 0.29) is 23.7 Å². The standard InChI is InChI=1S/C12H13N3O4S/c1-6-3-8(15-19-6)4-9(16)13-5-10-14-7(2)11(20-10)12(17)18/h3H,4-5H2,1-2H3,(H,13,16)(H,17,18). The van der Waals surface area contributed by atoms with E-state index >= 15 is 0 Å². The number of carbonyl (C=O) groups excluding carboxylic acids is 1. The fourth-order valence-electron chi connectivity index (χ4n) is 1.63. The lowest BCUT2D eigenvalue weighted by Crippen LogP contribution is -2.24. The van der Waals surface area contributed by atoms with E-state index in [1.54, 1.807) is 19.9 Å². The Bertz CT molecular complexity index is 647. The average Bonchev–Trinajstić information content (AvgIpc) is 2.93. The summed E-state index contributed by atoms with van der Waals surface area (Å²) >= 11 is 1.06. The minimum absolute atomic E-state index is 0.119. The molecule has 0 aliphatic carbocycles. The van der Waals surface area contributed by atoms with Gasteiger partial charge in [0, 0.05) is 6.07 Å². The zero-order chi connectivity index (χ0) is 14.7. The number of nitrogens with one attached hydrogen (secondary N) is 1. The Balaban J connectivity index is 1.90. The highest BCUT2D eigenvalue weighted by atomic mass is 32.1. The van der Waals surface area contributed by atoms with Crippen molar-refractivity contribution < 1.29 is 19.2 Å². The van der Waals surface area contributed by atoms with Crippen molar-refractivity contribution >= 4 is 23.2 Å². The van der Waals surface area contributed by atoms with Gasteiger partial charge in [-0.3, -0.25) is 4.79 Å². The highest BCUT2D eigenvalue weighted by Gasteiger charge is 2.14. The van der Waals surface area contributed by atoms with Crippen LogP contribution in [0.2, 0.25) is 0 Å². The van der Waals surface area contributed by atoms with Gasteiger partial charge in [-0.05, 0) is 13.8 Å². The molecule has 8 heteroatoms. The predicted molar refractivity (Wildman–Crippen MR) is 70.6 cm³/mol. The number of rotatable bonds is 5. The molecule has 2 aromatic heterocycles. The number of carbonyl (C=O) groups is 2. The number of aryl methyl sites for hydroxylation is 2. The van der Waals surface area contributed by atoms with Crippen LogP contribution in [-0.4, -0.2) is 27.1 Å². The normalized spacial score (nSPS) is 10.5. The third-order valence-corrected chi connectivity index (χ3v) is 3.64. The fourth-order valence-corrected chi connectivity index (χ4v) is 2.47. The van der Waals surface area contributed by atoms with Crippen molar-refractivity contribution in [3.63, 3.8) is 0 Å². The molecule has 7 nitrogen and oxygen atoms in total. The molecule has 2 aromatic rings. The molecule has 0 saturated carbocycles. The van der Waals surface area contributed by atoms with Gasteiger partial charge in [0.15, 0.2) is 0 Å². The molecule has 106 valence electrons. The summed E-state index contributed by atoms with van der Waals surface area (Å²) in [4.78, 5) is 26.9. The van der Waals surface area contributed by atoms with E-state index in [2.05, 4.69) is 15.5 Å². The Hall–Kier alpha value is -2.22. The van der Waals surface area contributed by atoms with Crippen LogP contribution in [0.25, 0.3) is 0 Å². The molecular formula is C12H13N3O4S. The number of aromatic carboxylic acids is 1. The Labute approximate surface area is 118 Å². The quantitative estimate of drug-likeness (QED) is 0.861. The van der Waals surface area contributed by atoms with Crippen LogP contribution in [0.4, 0.5) is 0 Å². The van der Waals surface area contributed by atoms with E-state index in [1.165, 1.54) is 0 Å². The highest BCUT2D eigenvalue weighted by molar-refractivity contribution is 7.13. The molecule has 20 heavy (non-hydrogen) atoms. The number of aromatic nitrogens is 2. The van der Waals surface area contributed by atoms with Crippen LogP contribution in [0, 0.1) is 13.8 Å². The van der Waals surface area contributed by atoms with Crippen LogP contribution in [0.5, 0.6) is 0 Å². The van der Waals surface area contributed by atoms with Gasteiger partial charge in [0.05, 0.1) is 24.4 Å². The molecule has 0 aromatic carbocycles. The topological polar surface area (TPSA) is 105 Å². The lowest BCUT2D eigenvalue weighted by Gasteiger charge is -2.00. The van der Waals surface area contributed by atoms with E-state index in [4.69, 9.17) is 9.63 Å². The van der Waals surface area contributed by atoms with E-state index in [1.807, 2.05) is 0 Å². The zero-order valence-electron chi connectivity index (χ0n) is 11.0. The molecule has 0 aliphatic heterocycles. The first-order valence-electron chi connectivity index (χ1n) is 5.84. The number of nitrogens with zero attached hydrogens (tertiary/aromatic N) is 2. The molecule has 2 rings (SSSR count). The highest BCUT2D eigenvalue weighted by Crippen LogP contribution is 2.17. The number of hydrogen-bond donors (Lipinski definition) is 2. The van der Waals surface area contributed by atoms with Crippen molar-refractivity contribution in [1.82, 2.24) is 15.5 Å². The summed E-state index contributed by atoms with van der Waals surface area (Å²) < 4.78 is 4.87.